The molecular weight excluding hydrogens is 338 g/mol. The standard InChI is InChI=1S/C13H16F2N2O3S.ClH/c14-13(15)21(19,20)11-3-1-9(2-4-11)7-12(18)17-6-5-10(16)8-17;/h1-4,10,13H,5-8,16H2;1H/t10-;/m1./s1. The Morgan fingerprint density at radius 3 is 2.36 bits per heavy atom. The molecule has 124 valence electrons. The molecule has 0 aliphatic carbocycles. The third kappa shape index (κ3) is 4.15. The number of carbonyl (C=O) groups excluding carboxylic acids is 1. The van der Waals surface area contributed by atoms with Crippen LogP contribution in [-0.2, 0) is 21.1 Å². The summed E-state index contributed by atoms with van der Waals surface area (Å²) in [6.45, 7) is 1.12. The van der Waals surface area contributed by atoms with Crippen LogP contribution in [0.4, 0.5) is 8.78 Å². The Bertz CT molecular complexity index is 623. The average Bonchev–Trinajstić information content (AvgIpc) is 2.86. The van der Waals surface area contributed by atoms with Crippen molar-refractivity contribution < 1.29 is 22.0 Å². The van der Waals surface area contributed by atoms with Gasteiger partial charge in [-0.1, -0.05) is 12.1 Å². The van der Waals surface area contributed by atoms with Gasteiger partial charge in [-0.25, -0.2) is 8.42 Å². The minimum absolute atomic E-state index is 0. The second kappa shape index (κ2) is 7.34. The first-order valence-corrected chi connectivity index (χ1v) is 7.99. The molecule has 1 heterocycles. The fourth-order valence-electron chi connectivity index (χ4n) is 2.20. The molecule has 5 nitrogen and oxygen atoms in total. The number of hydrogen-bond acceptors (Lipinski definition) is 4. The number of halogens is 3. The second-order valence-electron chi connectivity index (χ2n) is 5.01. The highest BCUT2D eigenvalue weighted by molar-refractivity contribution is 7.91. The van der Waals surface area contributed by atoms with Gasteiger partial charge in [0.05, 0.1) is 11.3 Å². The summed E-state index contributed by atoms with van der Waals surface area (Å²) in [5, 5.41) is 0. The van der Waals surface area contributed by atoms with Crippen LogP contribution in [0.5, 0.6) is 0 Å². The second-order valence-corrected chi connectivity index (χ2v) is 6.93. The molecule has 1 aliphatic heterocycles. The molecule has 0 bridgehead atoms. The van der Waals surface area contributed by atoms with Crippen LogP contribution in [0.3, 0.4) is 0 Å². The van der Waals surface area contributed by atoms with E-state index < -0.39 is 20.5 Å². The van der Waals surface area contributed by atoms with Crippen molar-refractivity contribution in [3.63, 3.8) is 0 Å². The Morgan fingerprint density at radius 1 is 1.32 bits per heavy atom. The maximum absolute atomic E-state index is 12.4. The zero-order valence-corrected chi connectivity index (χ0v) is 13.2. The molecule has 1 aliphatic rings. The molecule has 0 unspecified atom stereocenters. The van der Waals surface area contributed by atoms with Crippen LogP contribution in [-0.4, -0.2) is 44.1 Å². The highest BCUT2D eigenvalue weighted by atomic mass is 35.5. The first-order chi connectivity index (χ1) is 9.80. The Hall–Kier alpha value is -1.25. The molecule has 1 saturated heterocycles. The van der Waals surface area contributed by atoms with E-state index in [0.29, 0.717) is 18.7 Å². The largest absolute Gasteiger partial charge is 0.341 e. The summed E-state index contributed by atoms with van der Waals surface area (Å²) in [5.74, 6) is -3.55. The molecule has 22 heavy (non-hydrogen) atoms. The van der Waals surface area contributed by atoms with E-state index >= 15 is 0 Å². The molecule has 0 aromatic heterocycles. The lowest BCUT2D eigenvalue weighted by Gasteiger charge is -2.15. The minimum atomic E-state index is -4.59. The average molecular weight is 355 g/mol. The fourth-order valence-corrected chi connectivity index (χ4v) is 2.92. The van der Waals surface area contributed by atoms with E-state index in [1.807, 2.05) is 0 Å². The van der Waals surface area contributed by atoms with Crippen LogP contribution in [0.15, 0.2) is 29.2 Å². The van der Waals surface area contributed by atoms with Crippen molar-refractivity contribution in [1.82, 2.24) is 4.90 Å². The number of carbonyl (C=O) groups is 1. The molecule has 9 heteroatoms. The van der Waals surface area contributed by atoms with Crippen LogP contribution >= 0.6 is 12.4 Å². The van der Waals surface area contributed by atoms with Crippen molar-refractivity contribution in [2.75, 3.05) is 13.1 Å². The number of nitrogens with zero attached hydrogens (tertiary/aromatic N) is 1. The van der Waals surface area contributed by atoms with Crippen molar-refractivity contribution in [3.05, 3.63) is 29.8 Å². The predicted molar refractivity (Wildman–Crippen MR) is 79.8 cm³/mol. The van der Waals surface area contributed by atoms with Crippen LogP contribution in [0.25, 0.3) is 0 Å². The van der Waals surface area contributed by atoms with E-state index in [4.69, 9.17) is 5.73 Å². The number of hydrogen-bond donors (Lipinski definition) is 1. The molecule has 0 saturated carbocycles. The summed E-state index contributed by atoms with van der Waals surface area (Å²) < 4.78 is 47.3. The van der Waals surface area contributed by atoms with E-state index in [1.165, 1.54) is 12.1 Å². The van der Waals surface area contributed by atoms with Crippen molar-refractivity contribution in [2.24, 2.45) is 5.73 Å². The Labute approximate surface area is 133 Å². The summed E-state index contributed by atoms with van der Waals surface area (Å²) in [6, 6.07) is 4.94. The number of benzene rings is 1. The topological polar surface area (TPSA) is 80.5 Å². The third-order valence-corrected chi connectivity index (χ3v) is 4.82. The Kier molecular flexibility index (Phi) is 6.27. The smallest absolute Gasteiger partial charge is 0.341 e. The van der Waals surface area contributed by atoms with E-state index in [0.717, 1.165) is 18.6 Å². The van der Waals surface area contributed by atoms with Gasteiger partial charge in [-0.15, -0.1) is 12.4 Å². The summed E-state index contributed by atoms with van der Waals surface area (Å²) in [6.07, 6.45) is 0.860. The normalized spacial score (nSPS) is 18.4. The first kappa shape index (κ1) is 18.8. The zero-order chi connectivity index (χ0) is 15.6. The first-order valence-electron chi connectivity index (χ1n) is 6.45. The van der Waals surface area contributed by atoms with Gasteiger partial charge < -0.3 is 10.6 Å². The number of likely N-dealkylation sites (tertiary alicyclic amines) is 1. The SMILES string of the molecule is Cl.N[C@@H]1CCN(C(=O)Cc2ccc(S(=O)(=O)C(F)F)cc2)C1. The lowest BCUT2D eigenvalue weighted by Crippen LogP contribution is -2.32. The van der Waals surface area contributed by atoms with Gasteiger partial charge in [0.2, 0.25) is 15.7 Å². The summed E-state index contributed by atoms with van der Waals surface area (Å²) in [5.41, 5.74) is 6.30. The van der Waals surface area contributed by atoms with Gasteiger partial charge in [-0.3, -0.25) is 4.79 Å². The molecule has 1 atom stereocenters. The van der Waals surface area contributed by atoms with Crippen LogP contribution in [0.1, 0.15) is 12.0 Å². The highest BCUT2D eigenvalue weighted by Crippen LogP contribution is 2.19. The molecule has 1 fully saturated rings. The van der Waals surface area contributed by atoms with Crippen LogP contribution in [0.2, 0.25) is 0 Å². The van der Waals surface area contributed by atoms with Crippen molar-refractivity contribution in [3.8, 4) is 0 Å². The maximum Gasteiger partial charge on any atom is 0.341 e. The van der Waals surface area contributed by atoms with Gasteiger partial charge in [0, 0.05) is 19.1 Å². The molecular formula is C13H17ClF2N2O3S. The number of alkyl halides is 2. The minimum Gasteiger partial charge on any atom is -0.341 e. The lowest BCUT2D eigenvalue weighted by atomic mass is 10.1. The molecule has 0 spiro atoms. The van der Waals surface area contributed by atoms with Gasteiger partial charge in [0.25, 0.3) is 0 Å². The summed E-state index contributed by atoms with van der Waals surface area (Å²) >= 11 is 0. The monoisotopic (exact) mass is 354 g/mol. The summed E-state index contributed by atoms with van der Waals surface area (Å²) in [4.78, 5) is 13.2. The maximum atomic E-state index is 12.4. The molecule has 1 amide bonds. The van der Waals surface area contributed by atoms with Crippen molar-refractivity contribution in [2.45, 2.75) is 29.5 Å². The van der Waals surface area contributed by atoms with Crippen LogP contribution < -0.4 is 5.73 Å². The van der Waals surface area contributed by atoms with Crippen molar-refractivity contribution in [1.29, 1.82) is 0 Å². The zero-order valence-electron chi connectivity index (χ0n) is 11.6. The van der Waals surface area contributed by atoms with Crippen molar-refractivity contribution >= 4 is 28.2 Å². The Morgan fingerprint density at radius 2 is 1.91 bits per heavy atom. The molecule has 1 aromatic rings. The molecule has 0 radical (unpaired) electrons. The van der Waals surface area contributed by atoms with Crippen LogP contribution in [0, 0.1) is 0 Å². The van der Waals surface area contributed by atoms with E-state index in [2.05, 4.69) is 0 Å². The highest BCUT2D eigenvalue weighted by Gasteiger charge is 2.27. The number of nitrogens with two attached hydrogens (primary N) is 1. The lowest BCUT2D eigenvalue weighted by molar-refractivity contribution is -0.129. The molecule has 2 rings (SSSR count). The quantitative estimate of drug-likeness (QED) is 0.881. The van der Waals surface area contributed by atoms with Gasteiger partial charge >= 0.3 is 5.76 Å². The van der Waals surface area contributed by atoms with E-state index in [9.17, 15) is 22.0 Å². The summed E-state index contributed by atoms with van der Waals surface area (Å²) in [7, 11) is -4.59. The third-order valence-electron chi connectivity index (χ3n) is 3.42. The van der Waals surface area contributed by atoms with Gasteiger partial charge in [-0.2, -0.15) is 8.78 Å². The molecule has 2 N–H and O–H groups in total. The molecule has 1 aromatic carbocycles. The number of rotatable bonds is 4. The van der Waals surface area contributed by atoms with Gasteiger partial charge in [-0.05, 0) is 24.1 Å². The Balaban J connectivity index is 0.00000242. The van der Waals surface area contributed by atoms with Gasteiger partial charge in [0.15, 0.2) is 0 Å². The number of sulfone groups is 1. The fraction of sp³-hybridized carbons (Fsp3) is 0.462. The van der Waals surface area contributed by atoms with E-state index in [1.54, 1.807) is 4.90 Å². The number of amides is 1. The predicted octanol–water partition coefficient (Wildman–Crippen LogP) is 1.21. The van der Waals surface area contributed by atoms with E-state index in [-0.39, 0.29) is 30.8 Å². The van der Waals surface area contributed by atoms with Gasteiger partial charge in [0.1, 0.15) is 0 Å².